The molecular weight excluding hydrogens is 424 g/mol. The van der Waals surface area contributed by atoms with Gasteiger partial charge in [-0.15, -0.1) is 0 Å². The highest BCUT2D eigenvalue weighted by molar-refractivity contribution is 6.30. The van der Waals surface area contributed by atoms with Gasteiger partial charge in [0.25, 0.3) is 5.91 Å². The first-order valence-electron chi connectivity index (χ1n) is 11.4. The zero-order chi connectivity index (χ0) is 21.9. The Hall–Kier alpha value is -2.73. The number of hydrogen-bond donors (Lipinski definition) is 0. The Kier molecular flexibility index (Phi) is 4.61. The van der Waals surface area contributed by atoms with E-state index in [0.717, 1.165) is 67.7 Å². The molecule has 1 saturated heterocycles. The van der Waals surface area contributed by atoms with Crippen LogP contribution in [0.5, 0.6) is 0 Å². The highest BCUT2D eigenvalue weighted by atomic mass is 35.5. The number of carbonyl (C=O) groups is 2. The molecule has 4 aliphatic rings. The first kappa shape index (κ1) is 19.9. The van der Waals surface area contributed by atoms with Crippen molar-refractivity contribution >= 4 is 29.3 Å². The maximum Gasteiger partial charge on any atom is 0.256 e. The van der Waals surface area contributed by atoms with E-state index in [1.807, 2.05) is 40.1 Å². The molecule has 2 aliphatic heterocycles. The lowest BCUT2D eigenvalue weighted by molar-refractivity contribution is -0.131. The molecule has 3 heterocycles. The SMILES string of the molecule is O=C(C1CC1)N1CC[C@@H](CN2C(=O)C3(CC3)N=C2c2ccc(-c3cncc(Cl)c3)cc2)C1. The molecule has 32 heavy (non-hydrogen) atoms. The number of benzene rings is 1. The summed E-state index contributed by atoms with van der Waals surface area (Å²) < 4.78 is 0. The van der Waals surface area contributed by atoms with E-state index in [2.05, 4.69) is 4.98 Å². The Morgan fingerprint density at radius 2 is 1.81 bits per heavy atom. The third-order valence-corrected chi connectivity index (χ3v) is 7.30. The molecule has 0 N–H and O–H groups in total. The number of nitrogens with zero attached hydrogens (tertiary/aromatic N) is 4. The number of amides is 2. The van der Waals surface area contributed by atoms with Gasteiger partial charge in [0.1, 0.15) is 11.4 Å². The van der Waals surface area contributed by atoms with Crippen molar-refractivity contribution in [3.8, 4) is 11.1 Å². The highest BCUT2D eigenvalue weighted by Gasteiger charge is 2.57. The summed E-state index contributed by atoms with van der Waals surface area (Å²) in [6.45, 7) is 2.19. The van der Waals surface area contributed by atoms with Gasteiger partial charge in [0.15, 0.2) is 0 Å². The second kappa shape index (κ2) is 7.41. The summed E-state index contributed by atoms with van der Waals surface area (Å²) in [7, 11) is 0. The Morgan fingerprint density at radius 3 is 2.50 bits per heavy atom. The molecule has 1 aromatic carbocycles. The lowest BCUT2D eigenvalue weighted by Crippen LogP contribution is -2.40. The van der Waals surface area contributed by atoms with Gasteiger partial charge in [0.2, 0.25) is 5.91 Å². The molecule has 0 radical (unpaired) electrons. The average molecular weight is 449 g/mol. The number of halogens is 1. The van der Waals surface area contributed by atoms with Crippen LogP contribution in [-0.2, 0) is 9.59 Å². The molecule has 2 aromatic rings. The molecule has 0 bridgehead atoms. The normalized spacial score (nSPS) is 23.7. The molecule has 1 atom stereocenters. The summed E-state index contributed by atoms with van der Waals surface area (Å²) in [5.41, 5.74) is 2.39. The van der Waals surface area contributed by atoms with Crippen molar-refractivity contribution in [1.82, 2.24) is 14.8 Å². The largest absolute Gasteiger partial charge is 0.342 e. The van der Waals surface area contributed by atoms with Gasteiger partial charge < -0.3 is 4.90 Å². The fourth-order valence-electron chi connectivity index (χ4n) is 4.90. The van der Waals surface area contributed by atoms with E-state index in [1.165, 1.54) is 0 Å². The van der Waals surface area contributed by atoms with E-state index >= 15 is 0 Å². The summed E-state index contributed by atoms with van der Waals surface area (Å²) in [6, 6.07) is 9.98. The zero-order valence-corrected chi connectivity index (χ0v) is 18.6. The first-order chi connectivity index (χ1) is 15.5. The van der Waals surface area contributed by atoms with Gasteiger partial charge in [0, 0.05) is 49.1 Å². The fourth-order valence-corrected chi connectivity index (χ4v) is 5.08. The quantitative estimate of drug-likeness (QED) is 0.699. The van der Waals surface area contributed by atoms with E-state index in [-0.39, 0.29) is 11.8 Å². The summed E-state index contributed by atoms with van der Waals surface area (Å²) in [4.78, 5) is 38.6. The smallest absolute Gasteiger partial charge is 0.256 e. The van der Waals surface area contributed by atoms with Crippen LogP contribution in [0.15, 0.2) is 47.7 Å². The van der Waals surface area contributed by atoms with Crippen LogP contribution in [0, 0.1) is 11.8 Å². The molecule has 1 aromatic heterocycles. The number of carbonyl (C=O) groups excluding carboxylic acids is 2. The molecule has 0 unspecified atom stereocenters. The number of likely N-dealkylation sites (tertiary alicyclic amines) is 1. The molecule has 3 fully saturated rings. The van der Waals surface area contributed by atoms with Gasteiger partial charge in [-0.05, 0) is 49.7 Å². The van der Waals surface area contributed by atoms with Crippen LogP contribution >= 0.6 is 11.6 Å². The van der Waals surface area contributed by atoms with Crippen molar-refractivity contribution in [3.05, 3.63) is 53.3 Å². The summed E-state index contributed by atoms with van der Waals surface area (Å²) >= 11 is 6.08. The Bertz CT molecular complexity index is 1120. The number of aliphatic imine (C=N–C) groups is 1. The molecule has 2 aliphatic carbocycles. The monoisotopic (exact) mass is 448 g/mol. The highest BCUT2D eigenvalue weighted by Crippen LogP contribution is 2.46. The maximum absolute atomic E-state index is 13.2. The molecule has 2 saturated carbocycles. The number of amidine groups is 1. The standard InChI is InChI=1S/C25H25ClN4O2/c26-21-11-20(12-27-13-21)17-1-3-18(4-2-17)22-28-25(8-9-25)24(32)30(22)15-16-7-10-29(14-16)23(31)19-5-6-19/h1-4,11-13,16,19H,5-10,14-15H2/t16-/m1/s1. The summed E-state index contributed by atoms with van der Waals surface area (Å²) in [5, 5.41) is 0.602. The Morgan fingerprint density at radius 1 is 1.06 bits per heavy atom. The van der Waals surface area contributed by atoms with Crippen LogP contribution in [0.4, 0.5) is 0 Å². The van der Waals surface area contributed by atoms with Gasteiger partial charge in [-0.3, -0.25) is 24.5 Å². The maximum atomic E-state index is 13.2. The lowest BCUT2D eigenvalue weighted by Gasteiger charge is -2.23. The van der Waals surface area contributed by atoms with E-state index in [0.29, 0.717) is 23.4 Å². The minimum atomic E-state index is -0.535. The van der Waals surface area contributed by atoms with Gasteiger partial charge >= 0.3 is 0 Å². The summed E-state index contributed by atoms with van der Waals surface area (Å²) in [5.74, 6) is 1.76. The van der Waals surface area contributed by atoms with Crippen LogP contribution in [0.25, 0.3) is 11.1 Å². The predicted octanol–water partition coefficient (Wildman–Crippen LogP) is 3.78. The van der Waals surface area contributed by atoms with Crippen LogP contribution in [-0.4, -0.2) is 57.6 Å². The zero-order valence-electron chi connectivity index (χ0n) is 17.8. The topological polar surface area (TPSA) is 65.9 Å². The third kappa shape index (κ3) is 3.51. The molecule has 6 nitrogen and oxygen atoms in total. The first-order valence-corrected chi connectivity index (χ1v) is 11.8. The Balaban J connectivity index is 1.21. The lowest BCUT2D eigenvalue weighted by atomic mass is 10.0. The van der Waals surface area contributed by atoms with E-state index in [4.69, 9.17) is 16.6 Å². The van der Waals surface area contributed by atoms with Crippen LogP contribution in [0.1, 0.15) is 37.7 Å². The molecular formula is C25H25ClN4O2. The van der Waals surface area contributed by atoms with Crippen LogP contribution in [0.3, 0.4) is 0 Å². The minimum absolute atomic E-state index is 0.127. The summed E-state index contributed by atoms with van der Waals surface area (Å²) in [6.07, 6.45) is 8.08. The minimum Gasteiger partial charge on any atom is -0.342 e. The average Bonchev–Trinajstić information content (AvgIpc) is 3.72. The predicted molar refractivity (Wildman–Crippen MR) is 122 cm³/mol. The number of aromatic nitrogens is 1. The van der Waals surface area contributed by atoms with Crippen molar-refractivity contribution in [2.75, 3.05) is 19.6 Å². The van der Waals surface area contributed by atoms with Gasteiger partial charge in [-0.25, -0.2) is 0 Å². The van der Waals surface area contributed by atoms with Crippen molar-refractivity contribution < 1.29 is 9.59 Å². The molecule has 2 amide bonds. The third-order valence-electron chi connectivity index (χ3n) is 7.09. The fraction of sp³-hybridized carbons (Fsp3) is 0.440. The molecule has 7 heteroatoms. The molecule has 6 rings (SSSR count). The van der Waals surface area contributed by atoms with Crippen molar-refractivity contribution in [2.45, 2.75) is 37.6 Å². The van der Waals surface area contributed by atoms with Gasteiger partial charge in [-0.1, -0.05) is 35.9 Å². The van der Waals surface area contributed by atoms with Gasteiger partial charge in [0.05, 0.1) is 5.02 Å². The second-order valence-electron chi connectivity index (χ2n) is 9.57. The van der Waals surface area contributed by atoms with Crippen molar-refractivity contribution in [1.29, 1.82) is 0 Å². The van der Waals surface area contributed by atoms with Crippen LogP contribution in [0.2, 0.25) is 5.02 Å². The van der Waals surface area contributed by atoms with E-state index in [9.17, 15) is 9.59 Å². The Labute approximate surface area is 192 Å². The number of rotatable bonds is 5. The van der Waals surface area contributed by atoms with Crippen molar-refractivity contribution in [2.24, 2.45) is 16.8 Å². The van der Waals surface area contributed by atoms with Crippen molar-refractivity contribution in [3.63, 3.8) is 0 Å². The molecule has 1 spiro atoms. The van der Waals surface area contributed by atoms with Crippen LogP contribution < -0.4 is 0 Å². The number of pyridine rings is 1. The number of hydrogen-bond acceptors (Lipinski definition) is 4. The molecule has 164 valence electrons. The van der Waals surface area contributed by atoms with E-state index < -0.39 is 5.54 Å². The van der Waals surface area contributed by atoms with E-state index in [1.54, 1.807) is 12.4 Å². The van der Waals surface area contributed by atoms with Gasteiger partial charge in [-0.2, -0.15) is 0 Å². The second-order valence-corrected chi connectivity index (χ2v) is 10.0.